The zero-order valence-electron chi connectivity index (χ0n) is 11.5. The first kappa shape index (κ1) is 14.2. The molecule has 0 spiro atoms. The predicted molar refractivity (Wildman–Crippen MR) is 92.7 cm³/mol. The molecule has 21 heavy (non-hydrogen) atoms. The molecule has 3 aromatic rings. The van der Waals surface area contributed by atoms with Gasteiger partial charge in [0.1, 0.15) is 5.82 Å². The smallest absolute Gasteiger partial charge is 0.266 e. The molecule has 3 rings (SSSR count). The number of halogens is 1. The monoisotopic (exact) mass is 391 g/mol. The standard InChI is InChI=1S/C16H14IN3O/c1-10(18)15-19-14-5-3-2-4-13(14)16(21)20(15)12-8-6-11(17)7-9-12/h2-10H,18H2,1H3. The van der Waals surface area contributed by atoms with E-state index in [4.69, 9.17) is 5.73 Å². The molecule has 0 aliphatic carbocycles. The fourth-order valence-corrected chi connectivity index (χ4v) is 2.65. The molecule has 1 aromatic heterocycles. The Hall–Kier alpha value is -1.73. The second kappa shape index (κ2) is 5.57. The summed E-state index contributed by atoms with van der Waals surface area (Å²) in [5.41, 5.74) is 7.39. The van der Waals surface area contributed by atoms with Crippen LogP contribution in [0.5, 0.6) is 0 Å². The van der Waals surface area contributed by atoms with Gasteiger partial charge in [0.05, 0.1) is 22.6 Å². The van der Waals surface area contributed by atoms with E-state index in [0.29, 0.717) is 16.7 Å². The number of nitrogens with zero attached hydrogens (tertiary/aromatic N) is 2. The highest BCUT2D eigenvalue weighted by atomic mass is 127. The average molecular weight is 391 g/mol. The van der Waals surface area contributed by atoms with Crippen LogP contribution in [0, 0.1) is 3.57 Å². The first-order chi connectivity index (χ1) is 10.1. The third kappa shape index (κ3) is 2.58. The molecule has 5 heteroatoms. The molecule has 2 aromatic carbocycles. The Morgan fingerprint density at radius 1 is 1.14 bits per heavy atom. The van der Waals surface area contributed by atoms with Crippen LogP contribution in [0.1, 0.15) is 18.8 Å². The summed E-state index contributed by atoms with van der Waals surface area (Å²) in [7, 11) is 0. The van der Waals surface area contributed by atoms with Gasteiger partial charge in [0, 0.05) is 3.57 Å². The molecule has 0 fully saturated rings. The Bertz CT molecular complexity index is 854. The second-order valence-corrected chi connectivity index (χ2v) is 6.14. The summed E-state index contributed by atoms with van der Waals surface area (Å²) < 4.78 is 2.71. The molecular formula is C16H14IN3O. The van der Waals surface area contributed by atoms with Crippen molar-refractivity contribution in [1.29, 1.82) is 0 Å². The quantitative estimate of drug-likeness (QED) is 0.684. The lowest BCUT2D eigenvalue weighted by Crippen LogP contribution is -2.27. The molecule has 0 radical (unpaired) electrons. The van der Waals surface area contributed by atoms with E-state index in [1.54, 1.807) is 10.6 Å². The molecule has 1 atom stereocenters. The van der Waals surface area contributed by atoms with Crippen molar-refractivity contribution in [3.8, 4) is 5.69 Å². The molecule has 0 saturated heterocycles. The molecule has 0 aliphatic rings. The third-order valence-corrected chi connectivity index (χ3v) is 4.01. The third-order valence-electron chi connectivity index (χ3n) is 3.29. The summed E-state index contributed by atoms with van der Waals surface area (Å²) in [5.74, 6) is 0.569. The van der Waals surface area contributed by atoms with Gasteiger partial charge in [0.25, 0.3) is 5.56 Å². The second-order valence-electron chi connectivity index (χ2n) is 4.89. The van der Waals surface area contributed by atoms with Gasteiger partial charge in [-0.15, -0.1) is 0 Å². The van der Waals surface area contributed by atoms with Crippen molar-refractivity contribution in [2.75, 3.05) is 0 Å². The molecule has 0 aliphatic heterocycles. The largest absolute Gasteiger partial charge is 0.322 e. The number of hydrogen-bond donors (Lipinski definition) is 1. The molecule has 1 unspecified atom stereocenters. The lowest BCUT2D eigenvalue weighted by Gasteiger charge is -2.16. The minimum atomic E-state index is -0.332. The Balaban J connectivity index is 2.39. The van der Waals surface area contributed by atoms with Crippen LogP contribution >= 0.6 is 22.6 Å². The predicted octanol–water partition coefficient (Wildman–Crippen LogP) is 3.01. The summed E-state index contributed by atoms with van der Waals surface area (Å²) in [6, 6.07) is 14.7. The molecule has 1 heterocycles. The van der Waals surface area contributed by atoms with Crippen molar-refractivity contribution in [2.24, 2.45) is 5.73 Å². The normalized spacial score (nSPS) is 12.5. The maximum absolute atomic E-state index is 12.8. The van der Waals surface area contributed by atoms with Crippen molar-refractivity contribution in [1.82, 2.24) is 9.55 Å². The van der Waals surface area contributed by atoms with Gasteiger partial charge in [-0.1, -0.05) is 12.1 Å². The molecule has 0 bridgehead atoms. The molecule has 4 nitrogen and oxygen atoms in total. The molecule has 2 N–H and O–H groups in total. The van der Waals surface area contributed by atoms with E-state index < -0.39 is 0 Å². The zero-order valence-corrected chi connectivity index (χ0v) is 13.6. The number of benzene rings is 2. The van der Waals surface area contributed by atoms with Crippen LogP contribution in [0.3, 0.4) is 0 Å². The Morgan fingerprint density at radius 2 is 1.81 bits per heavy atom. The average Bonchev–Trinajstić information content (AvgIpc) is 2.48. The summed E-state index contributed by atoms with van der Waals surface area (Å²) in [6.07, 6.45) is 0. The highest BCUT2D eigenvalue weighted by molar-refractivity contribution is 14.1. The van der Waals surface area contributed by atoms with Crippen molar-refractivity contribution < 1.29 is 0 Å². The van der Waals surface area contributed by atoms with E-state index in [9.17, 15) is 4.79 Å². The molecule has 0 amide bonds. The summed E-state index contributed by atoms with van der Waals surface area (Å²) in [4.78, 5) is 17.4. The van der Waals surface area contributed by atoms with Gasteiger partial charge in [-0.2, -0.15) is 0 Å². The van der Waals surface area contributed by atoms with Gasteiger partial charge in [-0.25, -0.2) is 4.98 Å². The van der Waals surface area contributed by atoms with Crippen molar-refractivity contribution in [2.45, 2.75) is 13.0 Å². The van der Waals surface area contributed by atoms with Crippen LogP contribution in [-0.2, 0) is 0 Å². The number of fused-ring (bicyclic) bond motifs is 1. The minimum Gasteiger partial charge on any atom is -0.322 e. The molecule has 106 valence electrons. The first-order valence-corrected chi connectivity index (χ1v) is 7.69. The summed E-state index contributed by atoms with van der Waals surface area (Å²) >= 11 is 2.23. The number of para-hydroxylation sites is 1. The fraction of sp³-hybridized carbons (Fsp3) is 0.125. The summed E-state index contributed by atoms with van der Waals surface area (Å²) in [5, 5.41) is 0.598. The lowest BCUT2D eigenvalue weighted by atomic mass is 10.2. The first-order valence-electron chi connectivity index (χ1n) is 6.61. The highest BCUT2D eigenvalue weighted by Gasteiger charge is 2.15. The van der Waals surface area contributed by atoms with Crippen molar-refractivity contribution in [3.05, 3.63) is 68.3 Å². The fourth-order valence-electron chi connectivity index (χ4n) is 2.30. The van der Waals surface area contributed by atoms with E-state index in [0.717, 1.165) is 9.26 Å². The SMILES string of the molecule is CC(N)c1nc2ccccc2c(=O)n1-c1ccc(I)cc1. The Labute approximate surface area is 135 Å². The number of aromatic nitrogens is 2. The maximum Gasteiger partial charge on any atom is 0.266 e. The van der Waals surface area contributed by atoms with Crippen LogP contribution in [-0.4, -0.2) is 9.55 Å². The van der Waals surface area contributed by atoms with Gasteiger partial charge in [0.15, 0.2) is 0 Å². The van der Waals surface area contributed by atoms with Crippen LogP contribution in [0.4, 0.5) is 0 Å². The topological polar surface area (TPSA) is 60.9 Å². The van der Waals surface area contributed by atoms with Gasteiger partial charge in [-0.3, -0.25) is 9.36 Å². The Morgan fingerprint density at radius 3 is 2.48 bits per heavy atom. The maximum atomic E-state index is 12.8. The minimum absolute atomic E-state index is 0.0888. The van der Waals surface area contributed by atoms with Gasteiger partial charge in [-0.05, 0) is 65.9 Å². The van der Waals surface area contributed by atoms with Gasteiger partial charge in [0.2, 0.25) is 0 Å². The Kier molecular flexibility index (Phi) is 3.77. The van der Waals surface area contributed by atoms with E-state index in [1.807, 2.05) is 49.4 Å². The zero-order chi connectivity index (χ0) is 15.0. The number of nitrogens with two attached hydrogens (primary N) is 1. The van der Waals surface area contributed by atoms with E-state index in [-0.39, 0.29) is 11.6 Å². The molecular weight excluding hydrogens is 377 g/mol. The summed E-state index contributed by atoms with van der Waals surface area (Å²) in [6.45, 7) is 1.83. The molecule has 0 saturated carbocycles. The van der Waals surface area contributed by atoms with Gasteiger partial charge < -0.3 is 5.73 Å². The van der Waals surface area contributed by atoms with Crippen LogP contribution in [0.15, 0.2) is 53.3 Å². The van der Waals surface area contributed by atoms with Gasteiger partial charge >= 0.3 is 0 Å². The number of rotatable bonds is 2. The van der Waals surface area contributed by atoms with E-state index >= 15 is 0 Å². The van der Waals surface area contributed by atoms with Crippen LogP contribution in [0.2, 0.25) is 0 Å². The van der Waals surface area contributed by atoms with Crippen LogP contribution < -0.4 is 11.3 Å². The van der Waals surface area contributed by atoms with Crippen LogP contribution in [0.25, 0.3) is 16.6 Å². The van der Waals surface area contributed by atoms with E-state index in [1.165, 1.54) is 0 Å². The lowest BCUT2D eigenvalue weighted by molar-refractivity contribution is 0.696. The van der Waals surface area contributed by atoms with E-state index in [2.05, 4.69) is 27.6 Å². The highest BCUT2D eigenvalue weighted by Crippen LogP contribution is 2.17. The van der Waals surface area contributed by atoms with Crippen molar-refractivity contribution >= 4 is 33.5 Å². The number of hydrogen-bond acceptors (Lipinski definition) is 3. The van der Waals surface area contributed by atoms with Crippen molar-refractivity contribution in [3.63, 3.8) is 0 Å².